The van der Waals surface area contributed by atoms with Crippen molar-refractivity contribution in [3.63, 3.8) is 0 Å². The number of anilines is 1. The molecule has 1 aromatic rings. The monoisotopic (exact) mass is 262 g/mol. The van der Waals surface area contributed by atoms with E-state index in [9.17, 15) is 23.3 Å². The zero-order chi connectivity index (χ0) is 14.1. The van der Waals surface area contributed by atoms with Crippen LogP contribution < -0.4 is 10.6 Å². The number of alkyl halides is 3. The number of hydrogen-bond acceptors (Lipinski definition) is 3. The van der Waals surface area contributed by atoms with Gasteiger partial charge in [-0.25, -0.2) is 0 Å². The Hall–Kier alpha value is -2.32. The Kier molecular flexibility index (Phi) is 3.44. The van der Waals surface area contributed by atoms with Gasteiger partial charge in [0.05, 0.1) is 10.5 Å². The van der Waals surface area contributed by atoms with Crippen LogP contribution in [0.5, 0.6) is 0 Å². The van der Waals surface area contributed by atoms with Crippen LogP contribution in [0.4, 0.5) is 24.5 Å². The predicted octanol–water partition coefficient (Wildman–Crippen LogP) is 1.94. The highest BCUT2D eigenvalue weighted by atomic mass is 19.4. The molecule has 0 atom stereocenters. The van der Waals surface area contributed by atoms with Gasteiger partial charge in [-0.15, -0.1) is 0 Å². The Bertz CT molecular complexity index is 501. The van der Waals surface area contributed by atoms with Crippen LogP contribution in [0.25, 0.3) is 0 Å². The van der Waals surface area contributed by atoms with Crippen LogP contribution in [0.1, 0.15) is 5.56 Å². The molecule has 3 N–H and O–H groups in total. The molecule has 18 heavy (non-hydrogen) atoms. The SMILES string of the molecule is CN(C(=N)N)c1c([N+](=O)[O-])cccc1C(F)(F)F. The van der Waals surface area contributed by atoms with Gasteiger partial charge in [0.15, 0.2) is 5.96 Å². The summed E-state index contributed by atoms with van der Waals surface area (Å²) in [6, 6.07) is 2.55. The number of halogens is 3. The first-order valence-electron chi connectivity index (χ1n) is 4.58. The average molecular weight is 262 g/mol. The first-order valence-corrected chi connectivity index (χ1v) is 4.58. The zero-order valence-electron chi connectivity index (χ0n) is 9.15. The smallest absolute Gasteiger partial charge is 0.370 e. The van der Waals surface area contributed by atoms with Gasteiger partial charge >= 0.3 is 6.18 Å². The molecule has 0 saturated carbocycles. The number of hydrogen-bond donors (Lipinski definition) is 2. The molecule has 0 heterocycles. The molecule has 98 valence electrons. The van der Waals surface area contributed by atoms with Gasteiger partial charge in [0.1, 0.15) is 5.69 Å². The minimum atomic E-state index is -4.77. The molecule has 0 unspecified atom stereocenters. The van der Waals surface area contributed by atoms with Gasteiger partial charge < -0.3 is 10.6 Å². The number of rotatable bonds is 2. The number of nitrogens with two attached hydrogens (primary N) is 1. The van der Waals surface area contributed by atoms with Gasteiger partial charge in [-0.05, 0) is 6.07 Å². The number of benzene rings is 1. The molecular formula is C9H9F3N4O2. The lowest BCUT2D eigenvalue weighted by molar-refractivity contribution is -0.384. The normalized spacial score (nSPS) is 11.1. The number of nitro groups is 1. The fourth-order valence-corrected chi connectivity index (χ4v) is 1.38. The molecule has 0 aromatic heterocycles. The lowest BCUT2D eigenvalue weighted by Crippen LogP contribution is -2.34. The van der Waals surface area contributed by atoms with Crippen molar-refractivity contribution in [2.75, 3.05) is 11.9 Å². The van der Waals surface area contributed by atoms with Crippen molar-refractivity contribution < 1.29 is 18.1 Å². The molecule has 9 heteroatoms. The summed E-state index contributed by atoms with van der Waals surface area (Å²) in [5, 5.41) is 17.8. The largest absolute Gasteiger partial charge is 0.418 e. The fourth-order valence-electron chi connectivity index (χ4n) is 1.38. The number of nitrogens with one attached hydrogen (secondary N) is 1. The molecule has 6 nitrogen and oxygen atoms in total. The molecule has 0 saturated heterocycles. The molecule has 1 aromatic carbocycles. The highest BCUT2D eigenvalue weighted by Crippen LogP contribution is 2.41. The second-order valence-electron chi connectivity index (χ2n) is 3.37. The van der Waals surface area contributed by atoms with Crippen molar-refractivity contribution in [2.24, 2.45) is 5.73 Å². The summed E-state index contributed by atoms with van der Waals surface area (Å²) < 4.78 is 38.3. The number of guanidine groups is 1. The quantitative estimate of drug-likeness (QED) is 0.368. The highest BCUT2D eigenvalue weighted by Gasteiger charge is 2.38. The van der Waals surface area contributed by atoms with Crippen LogP contribution in [0.15, 0.2) is 18.2 Å². The van der Waals surface area contributed by atoms with Crippen molar-refractivity contribution >= 4 is 17.3 Å². The van der Waals surface area contributed by atoms with Crippen LogP contribution >= 0.6 is 0 Å². The summed E-state index contributed by atoms with van der Waals surface area (Å²) in [6.07, 6.45) is -4.77. The maximum Gasteiger partial charge on any atom is 0.418 e. The van der Waals surface area contributed by atoms with Gasteiger partial charge in [-0.2, -0.15) is 13.2 Å². The van der Waals surface area contributed by atoms with Crippen LogP contribution in [-0.4, -0.2) is 17.9 Å². The van der Waals surface area contributed by atoms with Crippen LogP contribution in [-0.2, 0) is 6.18 Å². The number of nitrogens with zero attached hydrogens (tertiary/aromatic N) is 2. The maximum atomic E-state index is 12.8. The lowest BCUT2D eigenvalue weighted by Gasteiger charge is -2.21. The summed E-state index contributed by atoms with van der Waals surface area (Å²) in [5.74, 6) is -0.727. The Morgan fingerprint density at radius 3 is 2.44 bits per heavy atom. The van der Waals surface area contributed by atoms with E-state index in [0.717, 1.165) is 19.2 Å². The predicted molar refractivity (Wildman–Crippen MR) is 58.4 cm³/mol. The molecule has 0 amide bonds. The van der Waals surface area contributed by atoms with E-state index >= 15 is 0 Å². The third kappa shape index (κ3) is 2.50. The van der Waals surface area contributed by atoms with E-state index in [2.05, 4.69) is 0 Å². The van der Waals surface area contributed by atoms with E-state index in [1.165, 1.54) is 0 Å². The number of para-hydroxylation sites is 1. The van der Waals surface area contributed by atoms with Crippen molar-refractivity contribution in [1.29, 1.82) is 5.41 Å². The van der Waals surface area contributed by atoms with E-state index in [1.807, 2.05) is 0 Å². The third-order valence-electron chi connectivity index (χ3n) is 2.21. The Morgan fingerprint density at radius 2 is 2.06 bits per heavy atom. The molecule has 1 rings (SSSR count). The minimum Gasteiger partial charge on any atom is -0.370 e. The van der Waals surface area contributed by atoms with E-state index in [-0.39, 0.29) is 0 Å². The minimum absolute atomic E-state index is 0.612. The third-order valence-corrected chi connectivity index (χ3v) is 2.21. The maximum absolute atomic E-state index is 12.8. The molecule has 0 aliphatic rings. The second-order valence-corrected chi connectivity index (χ2v) is 3.37. The Balaban J connectivity index is 3.59. The topological polar surface area (TPSA) is 96.2 Å². The van der Waals surface area contributed by atoms with Crippen molar-refractivity contribution in [3.8, 4) is 0 Å². The first-order chi connectivity index (χ1) is 8.16. The van der Waals surface area contributed by atoms with Crippen molar-refractivity contribution in [3.05, 3.63) is 33.9 Å². The zero-order valence-corrected chi connectivity index (χ0v) is 9.15. The fraction of sp³-hybridized carbons (Fsp3) is 0.222. The van der Waals surface area contributed by atoms with Crippen LogP contribution in [0.3, 0.4) is 0 Å². The summed E-state index contributed by atoms with van der Waals surface area (Å²) in [6.45, 7) is 0. The number of nitro benzene ring substituents is 1. The van der Waals surface area contributed by atoms with Crippen molar-refractivity contribution in [1.82, 2.24) is 0 Å². The lowest BCUT2D eigenvalue weighted by atomic mass is 10.1. The van der Waals surface area contributed by atoms with Gasteiger partial charge in [-0.1, -0.05) is 6.07 Å². The summed E-state index contributed by atoms with van der Waals surface area (Å²) in [4.78, 5) is 10.4. The second kappa shape index (κ2) is 4.51. The van der Waals surface area contributed by atoms with Crippen molar-refractivity contribution in [2.45, 2.75) is 6.18 Å². The molecule has 0 bridgehead atoms. The van der Waals surface area contributed by atoms with E-state index in [1.54, 1.807) is 0 Å². The first kappa shape index (κ1) is 13.7. The molecule has 0 spiro atoms. The average Bonchev–Trinajstić information content (AvgIpc) is 2.25. The Labute approximate surface area is 99.5 Å². The summed E-state index contributed by atoms with van der Waals surface area (Å²) in [7, 11) is 1.06. The van der Waals surface area contributed by atoms with Gasteiger partial charge in [-0.3, -0.25) is 15.5 Å². The summed E-state index contributed by atoms with van der Waals surface area (Å²) >= 11 is 0. The van der Waals surface area contributed by atoms with Crippen LogP contribution in [0, 0.1) is 15.5 Å². The van der Waals surface area contributed by atoms with Crippen LogP contribution in [0.2, 0.25) is 0 Å². The van der Waals surface area contributed by atoms with E-state index < -0.39 is 34.0 Å². The Morgan fingerprint density at radius 1 is 1.50 bits per heavy atom. The van der Waals surface area contributed by atoms with E-state index in [4.69, 9.17) is 11.1 Å². The molecule has 0 radical (unpaired) electrons. The summed E-state index contributed by atoms with van der Waals surface area (Å²) in [5.41, 5.74) is 2.35. The molecule has 0 aliphatic heterocycles. The standard InChI is InChI=1S/C9H9F3N4O2/c1-15(8(13)14)7-5(9(10,11)12)3-2-4-6(7)16(17)18/h2-4H,1H3,(H3,13,14). The molecule has 0 aliphatic carbocycles. The van der Waals surface area contributed by atoms with Gasteiger partial charge in [0, 0.05) is 13.1 Å². The molecular weight excluding hydrogens is 253 g/mol. The van der Waals surface area contributed by atoms with Gasteiger partial charge in [0.2, 0.25) is 0 Å². The van der Waals surface area contributed by atoms with E-state index in [0.29, 0.717) is 11.0 Å². The van der Waals surface area contributed by atoms with Gasteiger partial charge in [0.25, 0.3) is 5.69 Å². The molecule has 0 fully saturated rings. The highest BCUT2D eigenvalue weighted by molar-refractivity contribution is 5.95.